The maximum Gasteiger partial charge on any atom is 0.0694 e. The van der Waals surface area contributed by atoms with E-state index in [-0.39, 0.29) is 27.4 Å². The summed E-state index contributed by atoms with van der Waals surface area (Å²) in [6, 6.07) is 3.17. The largest absolute Gasteiger partial charge is 0.770 e. The minimum absolute atomic E-state index is 0. The van der Waals surface area contributed by atoms with E-state index >= 15 is 0 Å². The predicted molar refractivity (Wildman–Crippen MR) is 55.0 cm³/mol. The summed E-state index contributed by atoms with van der Waals surface area (Å²) in [6.45, 7) is 0. The number of nitrogens with zero attached hydrogens (tertiary/aromatic N) is 2. The van der Waals surface area contributed by atoms with Gasteiger partial charge >= 0.3 is 0 Å². The Morgan fingerprint density at radius 2 is 1.08 bits per heavy atom. The molecule has 2 N–H and O–H groups in total. The first-order valence-corrected chi connectivity index (χ1v) is 3.32. The summed E-state index contributed by atoms with van der Waals surface area (Å²) in [5.41, 5.74) is 0. The third kappa shape index (κ3) is 18.5. The van der Waals surface area contributed by atoms with Crippen LogP contribution in [0.2, 0.25) is 0 Å². The molecule has 0 aliphatic heterocycles. The summed E-state index contributed by atoms with van der Waals surface area (Å²) in [5, 5.41) is 30.0. The molecule has 0 heterocycles. The van der Waals surface area contributed by atoms with Crippen LogP contribution in [0.4, 0.5) is 0 Å². The first-order valence-electron chi connectivity index (χ1n) is 2.50. The maximum absolute atomic E-state index is 8.01. The Morgan fingerprint density at radius 3 is 1.15 bits per heavy atom. The molecule has 0 aromatic heterocycles. The Balaban J connectivity index is -0.0000000712. The maximum atomic E-state index is 8.01. The van der Waals surface area contributed by atoms with E-state index in [0.717, 1.165) is 14.2 Å². The van der Waals surface area contributed by atoms with Gasteiger partial charge < -0.3 is 35.5 Å². The van der Waals surface area contributed by atoms with E-state index in [0.29, 0.717) is 0 Å². The zero-order valence-electron chi connectivity index (χ0n) is 7.11. The number of allylic oxidation sites excluding steroid dienone is 2. The van der Waals surface area contributed by atoms with Gasteiger partial charge in [0.15, 0.2) is 0 Å². The van der Waals surface area contributed by atoms with Crippen molar-refractivity contribution in [2.24, 2.45) is 0 Å². The SMILES string of the molecule is CO.CO.N#CC([S-])=C([S-])C#N.[Ge]. The van der Waals surface area contributed by atoms with E-state index in [4.69, 9.17) is 20.7 Å². The molecule has 0 spiro atoms. The Labute approximate surface area is 99.7 Å². The minimum Gasteiger partial charge on any atom is -0.770 e. The van der Waals surface area contributed by atoms with E-state index in [2.05, 4.69) is 25.3 Å². The Morgan fingerprint density at radius 1 is 0.923 bits per heavy atom. The number of hydrogen-bond acceptors (Lipinski definition) is 6. The van der Waals surface area contributed by atoms with Crippen LogP contribution in [0.15, 0.2) is 9.81 Å². The topological polar surface area (TPSA) is 88.0 Å². The molecule has 0 fully saturated rings. The molecule has 0 aliphatic rings. The number of aliphatic hydroxyl groups excluding tert-OH is 2. The molecule has 0 unspecified atom stereocenters. The minimum atomic E-state index is -0.109. The van der Waals surface area contributed by atoms with Crippen molar-refractivity contribution in [1.29, 1.82) is 10.5 Å². The van der Waals surface area contributed by atoms with Crippen molar-refractivity contribution in [1.82, 2.24) is 0 Å². The third-order valence-corrected chi connectivity index (χ3v) is 1.13. The van der Waals surface area contributed by atoms with Crippen LogP contribution >= 0.6 is 0 Å². The van der Waals surface area contributed by atoms with E-state index in [9.17, 15) is 0 Å². The van der Waals surface area contributed by atoms with Gasteiger partial charge in [0.25, 0.3) is 0 Å². The van der Waals surface area contributed by atoms with Gasteiger partial charge in [-0.15, -0.1) is 9.81 Å². The Kier molecular flexibility index (Phi) is 39.8. The molecule has 0 rings (SSSR count). The van der Waals surface area contributed by atoms with Crippen molar-refractivity contribution in [3.05, 3.63) is 9.81 Å². The van der Waals surface area contributed by atoms with Gasteiger partial charge in [0.05, 0.1) is 12.1 Å². The normalized spacial score (nSPS) is 7.54. The molecule has 4 radical (unpaired) electrons. The van der Waals surface area contributed by atoms with E-state index in [1.807, 2.05) is 0 Å². The van der Waals surface area contributed by atoms with Gasteiger partial charge in [0.2, 0.25) is 0 Å². The van der Waals surface area contributed by atoms with Gasteiger partial charge in [-0.2, -0.15) is 10.5 Å². The average molecular weight is 277 g/mol. The first kappa shape index (κ1) is 22.9. The zero-order valence-corrected chi connectivity index (χ0v) is 10.8. The summed E-state index contributed by atoms with van der Waals surface area (Å²) in [5.74, 6) is 0. The molecular formula is C6H8GeN2O2S2-2. The fraction of sp³-hybridized carbons (Fsp3) is 0.333. The van der Waals surface area contributed by atoms with Crippen molar-refractivity contribution in [3.63, 3.8) is 0 Å². The summed E-state index contributed by atoms with van der Waals surface area (Å²) in [7, 11) is 2.00. The van der Waals surface area contributed by atoms with Crippen LogP contribution in [0.1, 0.15) is 0 Å². The molecule has 13 heavy (non-hydrogen) atoms. The van der Waals surface area contributed by atoms with Crippen molar-refractivity contribution in [2.75, 3.05) is 14.2 Å². The summed E-state index contributed by atoms with van der Waals surface area (Å²) in [4.78, 5) is -0.218. The van der Waals surface area contributed by atoms with Crippen LogP contribution in [0.25, 0.3) is 0 Å². The van der Waals surface area contributed by atoms with Gasteiger partial charge in [-0.05, 0) is 0 Å². The first-order chi connectivity index (χ1) is 5.72. The second-order valence-corrected chi connectivity index (χ2v) is 1.70. The van der Waals surface area contributed by atoms with Gasteiger partial charge in [-0.3, -0.25) is 0 Å². The van der Waals surface area contributed by atoms with Crippen LogP contribution in [0.5, 0.6) is 0 Å². The van der Waals surface area contributed by atoms with Gasteiger partial charge in [0.1, 0.15) is 0 Å². The standard InChI is InChI=1S/C4H2N2S2.2CH4O.Ge/c5-1-3(7)4(8)2-6;2*1-2;/h7-8H;2*2H,1H3;/p-2. The molecule has 0 aromatic rings. The monoisotopic (exact) mass is 278 g/mol. The zero-order chi connectivity index (χ0) is 10.6. The molecule has 0 bridgehead atoms. The van der Waals surface area contributed by atoms with Crippen molar-refractivity contribution >= 4 is 42.9 Å². The molecule has 0 aliphatic carbocycles. The van der Waals surface area contributed by atoms with Crippen molar-refractivity contribution in [2.45, 2.75) is 0 Å². The molecule has 0 atom stereocenters. The molecular weight excluding hydrogens is 269 g/mol. The number of hydrogen-bond donors (Lipinski definition) is 2. The van der Waals surface area contributed by atoms with Crippen molar-refractivity contribution in [3.8, 4) is 12.1 Å². The van der Waals surface area contributed by atoms with Gasteiger partial charge in [-0.1, -0.05) is 0 Å². The number of aliphatic hydroxyl groups is 2. The third-order valence-electron chi connectivity index (χ3n) is 0.409. The summed E-state index contributed by atoms with van der Waals surface area (Å²) >= 11 is 8.70. The molecule has 0 saturated heterocycles. The summed E-state index contributed by atoms with van der Waals surface area (Å²) in [6.07, 6.45) is 0. The smallest absolute Gasteiger partial charge is 0.0694 e. The second-order valence-electron chi connectivity index (χ2n) is 0.882. The van der Waals surface area contributed by atoms with E-state index < -0.39 is 0 Å². The Bertz CT molecular complexity index is 186. The van der Waals surface area contributed by atoms with Crippen molar-refractivity contribution < 1.29 is 10.2 Å². The molecule has 4 nitrogen and oxygen atoms in total. The van der Waals surface area contributed by atoms with Gasteiger partial charge in [-0.25, -0.2) is 0 Å². The Hall–Kier alpha value is -0.377. The molecule has 72 valence electrons. The second kappa shape index (κ2) is 22.6. The van der Waals surface area contributed by atoms with Crippen LogP contribution in [-0.4, -0.2) is 42.0 Å². The number of nitriles is 2. The average Bonchev–Trinajstić information content (AvgIpc) is 2.21. The predicted octanol–water partition coefficient (Wildman–Crippen LogP) is -0.825. The van der Waals surface area contributed by atoms with Gasteiger partial charge in [0, 0.05) is 31.8 Å². The van der Waals surface area contributed by atoms with E-state index in [1.54, 1.807) is 12.1 Å². The number of rotatable bonds is 0. The van der Waals surface area contributed by atoms with Crippen LogP contribution in [0, 0.1) is 22.7 Å². The van der Waals surface area contributed by atoms with Crippen LogP contribution < -0.4 is 0 Å². The van der Waals surface area contributed by atoms with Crippen LogP contribution in [0.3, 0.4) is 0 Å². The molecule has 7 heteroatoms. The van der Waals surface area contributed by atoms with Crippen LogP contribution in [-0.2, 0) is 25.3 Å². The molecule has 0 amide bonds. The quantitative estimate of drug-likeness (QED) is 0.341. The molecule has 0 saturated carbocycles. The molecule has 0 aromatic carbocycles. The fourth-order valence-electron chi connectivity index (χ4n) is 0.102. The summed E-state index contributed by atoms with van der Waals surface area (Å²) < 4.78 is 0. The fourth-order valence-corrected chi connectivity index (χ4v) is 0.193. The van der Waals surface area contributed by atoms with E-state index in [1.165, 1.54) is 0 Å².